The molecule has 1 fully saturated rings. The zero-order chi connectivity index (χ0) is 23.9. The third kappa shape index (κ3) is 4.64. The average molecular weight is 535 g/mol. The molecular formula is C23H20Cl2N4O3S2. The van der Waals surface area contributed by atoms with Gasteiger partial charge in [-0.3, -0.25) is 9.69 Å². The minimum absolute atomic E-state index is 0.185. The molecule has 4 aromatic rings. The molecule has 0 atom stereocenters. The smallest absolute Gasteiger partial charge is 0.260 e. The fourth-order valence-electron chi connectivity index (χ4n) is 4.01. The van der Waals surface area contributed by atoms with Gasteiger partial charge >= 0.3 is 0 Å². The number of thiophene rings is 1. The van der Waals surface area contributed by atoms with Crippen LogP contribution in [0.15, 0.2) is 63.6 Å². The molecule has 11 heteroatoms. The maximum absolute atomic E-state index is 12.9. The fourth-order valence-corrected chi connectivity index (χ4v) is 6.65. The number of hydrogen-bond acceptors (Lipinski definition) is 6. The lowest BCUT2D eigenvalue weighted by Crippen LogP contribution is -2.48. The van der Waals surface area contributed by atoms with Gasteiger partial charge in [0.25, 0.3) is 5.56 Å². The number of halogens is 2. The highest BCUT2D eigenvalue weighted by atomic mass is 35.5. The lowest BCUT2D eigenvalue weighted by molar-refractivity contribution is 0.178. The van der Waals surface area contributed by atoms with Crippen LogP contribution in [-0.2, 0) is 16.6 Å². The number of aromatic nitrogens is 2. The Hall–Kier alpha value is -2.27. The molecule has 0 spiro atoms. The summed E-state index contributed by atoms with van der Waals surface area (Å²) in [5, 5.41) is 3.63. The lowest BCUT2D eigenvalue weighted by Gasteiger charge is -2.33. The van der Waals surface area contributed by atoms with E-state index in [2.05, 4.69) is 14.9 Å². The number of piperazine rings is 1. The highest BCUT2D eigenvalue weighted by Crippen LogP contribution is 2.31. The van der Waals surface area contributed by atoms with E-state index in [1.807, 2.05) is 17.5 Å². The van der Waals surface area contributed by atoms with Gasteiger partial charge in [0.15, 0.2) is 0 Å². The summed E-state index contributed by atoms with van der Waals surface area (Å²) in [7, 11) is -3.57. The van der Waals surface area contributed by atoms with Crippen LogP contribution < -0.4 is 5.56 Å². The minimum Gasteiger partial charge on any atom is -0.309 e. The van der Waals surface area contributed by atoms with E-state index in [1.165, 1.54) is 27.8 Å². The first kappa shape index (κ1) is 23.5. The zero-order valence-electron chi connectivity index (χ0n) is 17.9. The molecule has 34 heavy (non-hydrogen) atoms. The summed E-state index contributed by atoms with van der Waals surface area (Å²) in [4.78, 5) is 23.5. The normalized spacial score (nSPS) is 15.7. The van der Waals surface area contributed by atoms with Crippen LogP contribution in [0.2, 0.25) is 10.0 Å². The third-order valence-corrected chi connectivity index (χ3v) is 9.09. The van der Waals surface area contributed by atoms with Crippen LogP contribution in [0.4, 0.5) is 0 Å². The van der Waals surface area contributed by atoms with E-state index in [1.54, 1.807) is 24.3 Å². The second kappa shape index (κ2) is 9.41. The van der Waals surface area contributed by atoms with Crippen LogP contribution in [-0.4, -0.2) is 53.8 Å². The Bertz CT molecular complexity index is 1490. The summed E-state index contributed by atoms with van der Waals surface area (Å²) in [6, 6.07) is 13.5. The Morgan fingerprint density at radius 3 is 2.21 bits per heavy atom. The molecule has 0 amide bonds. The highest BCUT2D eigenvalue weighted by Gasteiger charge is 2.28. The molecule has 0 saturated carbocycles. The predicted octanol–water partition coefficient (Wildman–Crippen LogP) is 4.46. The number of hydrogen-bond donors (Lipinski definition) is 1. The number of benzene rings is 2. The molecule has 3 heterocycles. The van der Waals surface area contributed by atoms with Crippen molar-refractivity contribution >= 4 is 54.8 Å². The lowest BCUT2D eigenvalue weighted by atomic mass is 10.1. The Morgan fingerprint density at radius 1 is 0.941 bits per heavy atom. The second-order valence-electron chi connectivity index (χ2n) is 7.98. The number of nitrogens with zero attached hydrogens (tertiary/aromatic N) is 3. The Morgan fingerprint density at radius 2 is 1.56 bits per heavy atom. The summed E-state index contributed by atoms with van der Waals surface area (Å²) in [5.74, 6) is 0.566. The topological polar surface area (TPSA) is 86.4 Å². The van der Waals surface area contributed by atoms with E-state index in [0.29, 0.717) is 58.8 Å². The molecule has 1 aliphatic heterocycles. The van der Waals surface area contributed by atoms with Crippen molar-refractivity contribution in [1.29, 1.82) is 0 Å². The molecule has 176 valence electrons. The van der Waals surface area contributed by atoms with Gasteiger partial charge in [-0.1, -0.05) is 35.3 Å². The standard InChI is InChI=1S/C23H20Cl2N4O3S2/c24-16-3-1-15(2-4-16)19-14-33-23-21(19)22(30)26-20(27-23)13-28-9-11-29(12-10-28)34(31,32)18-7-5-17(25)6-8-18/h1-8,14H,9-13H2,(H,26,27,30). The largest absolute Gasteiger partial charge is 0.309 e. The van der Waals surface area contributed by atoms with Crippen molar-refractivity contribution in [3.05, 3.63) is 80.1 Å². The number of H-pyrrole nitrogens is 1. The minimum atomic E-state index is -3.57. The SMILES string of the molecule is O=c1[nH]c(CN2CCN(S(=O)(=O)c3ccc(Cl)cc3)CC2)nc2scc(-c3ccc(Cl)cc3)c12. The molecule has 1 saturated heterocycles. The molecule has 7 nitrogen and oxygen atoms in total. The van der Waals surface area contributed by atoms with Crippen LogP contribution in [0, 0.1) is 0 Å². The summed E-state index contributed by atoms with van der Waals surface area (Å²) >= 11 is 13.3. The maximum Gasteiger partial charge on any atom is 0.260 e. The summed E-state index contributed by atoms with van der Waals surface area (Å²) in [6.45, 7) is 2.23. The molecule has 2 aromatic carbocycles. The number of sulfonamides is 1. The van der Waals surface area contributed by atoms with Gasteiger partial charge in [0.1, 0.15) is 10.7 Å². The molecule has 0 radical (unpaired) electrons. The van der Waals surface area contributed by atoms with Gasteiger partial charge in [-0.25, -0.2) is 13.4 Å². The first-order valence-electron chi connectivity index (χ1n) is 10.6. The molecule has 0 unspecified atom stereocenters. The fraction of sp³-hybridized carbons (Fsp3) is 0.217. The van der Waals surface area contributed by atoms with Gasteiger partial charge in [0.2, 0.25) is 10.0 Å². The van der Waals surface area contributed by atoms with Crippen LogP contribution in [0.25, 0.3) is 21.3 Å². The number of rotatable bonds is 5. The molecule has 0 bridgehead atoms. The molecule has 2 aromatic heterocycles. The van der Waals surface area contributed by atoms with Gasteiger partial charge in [-0.05, 0) is 42.0 Å². The van der Waals surface area contributed by atoms with E-state index in [0.717, 1.165) is 11.1 Å². The average Bonchev–Trinajstić information content (AvgIpc) is 3.25. The molecular weight excluding hydrogens is 515 g/mol. The van der Waals surface area contributed by atoms with Crippen molar-refractivity contribution in [2.45, 2.75) is 11.4 Å². The van der Waals surface area contributed by atoms with E-state index in [4.69, 9.17) is 23.2 Å². The Labute approximate surface area is 210 Å². The molecule has 0 aliphatic carbocycles. The van der Waals surface area contributed by atoms with Crippen LogP contribution >= 0.6 is 34.5 Å². The van der Waals surface area contributed by atoms with E-state index < -0.39 is 10.0 Å². The van der Waals surface area contributed by atoms with Crippen molar-refractivity contribution in [2.75, 3.05) is 26.2 Å². The number of aromatic amines is 1. The van der Waals surface area contributed by atoms with Crippen molar-refractivity contribution in [3.63, 3.8) is 0 Å². The predicted molar refractivity (Wildman–Crippen MR) is 136 cm³/mol. The first-order valence-corrected chi connectivity index (χ1v) is 13.6. The van der Waals surface area contributed by atoms with Gasteiger partial charge in [0.05, 0.1) is 16.8 Å². The number of fused-ring (bicyclic) bond motifs is 1. The summed E-state index contributed by atoms with van der Waals surface area (Å²) < 4.78 is 27.3. The van der Waals surface area contributed by atoms with Crippen molar-refractivity contribution in [3.8, 4) is 11.1 Å². The van der Waals surface area contributed by atoms with E-state index >= 15 is 0 Å². The van der Waals surface area contributed by atoms with Gasteiger partial charge in [0, 0.05) is 47.2 Å². The summed E-state index contributed by atoms with van der Waals surface area (Å²) in [5.41, 5.74) is 1.56. The van der Waals surface area contributed by atoms with Crippen molar-refractivity contribution < 1.29 is 8.42 Å². The van der Waals surface area contributed by atoms with Gasteiger partial charge < -0.3 is 4.98 Å². The monoisotopic (exact) mass is 534 g/mol. The van der Waals surface area contributed by atoms with Crippen LogP contribution in [0.5, 0.6) is 0 Å². The molecule has 1 aliphatic rings. The van der Waals surface area contributed by atoms with Gasteiger partial charge in [-0.2, -0.15) is 4.31 Å². The van der Waals surface area contributed by atoms with E-state index in [-0.39, 0.29) is 10.5 Å². The van der Waals surface area contributed by atoms with E-state index in [9.17, 15) is 13.2 Å². The first-order chi connectivity index (χ1) is 16.3. The third-order valence-electron chi connectivity index (χ3n) is 5.80. The Kier molecular flexibility index (Phi) is 6.49. The van der Waals surface area contributed by atoms with Crippen LogP contribution in [0.1, 0.15) is 5.82 Å². The molecule has 5 rings (SSSR count). The zero-order valence-corrected chi connectivity index (χ0v) is 21.0. The van der Waals surface area contributed by atoms with Crippen LogP contribution in [0.3, 0.4) is 0 Å². The Balaban J connectivity index is 1.30. The number of nitrogens with one attached hydrogen (secondary N) is 1. The quantitative estimate of drug-likeness (QED) is 0.408. The van der Waals surface area contributed by atoms with Crippen molar-refractivity contribution in [2.24, 2.45) is 0 Å². The van der Waals surface area contributed by atoms with Crippen molar-refractivity contribution in [1.82, 2.24) is 19.2 Å². The molecule has 1 N–H and O–H groups in total. The highest BCUT2D eigenvalue weighted by molar-refractivity contribution is 7.89. The maximum atomic E-state index is 12.9. The van der Waals surface area contributed by atoms with Gasteiger partial charge in [-0.15, -0.1) is 11.3 Å². The summed E-state index contributed by atoms with van der Waals surface area (Å²) in [6.07, 6.45) is 0. The second-order valence-corrected chi connectivity index (χ2v) is 11.7.